The fourth-order valence-corrected chi connectivity index (χ4v) is 7.82. The zero-order valence-electron chi connectivity index (χ0n) is 19.7. The molecule has 3 fully saturated rings. The van der Waals surface area contributed by atoms with Gasteiger partial charge in [-0.25, -0.2) is 0 Å². The first-order valence-corrected chi connectivity index (χ1v) is 12.3. The smallest absolute Gasteiger partial charge is 0.163 e. The van der Waals surface area contributed by atoms with Crippen molar-refractivity contribution >= 4 is 5.78 Å². The Hall–Kier alpha value is -0.930. The first kappa shape index (κ1) is 22.3. The average molecular weight is 415 g/mol. The molecule has 30 heavy (non-hydrogen) atoms. The molecule has 0 saturated heterocycles. The number of hydrogen-bond acceptors (Lipinski definition) is 3. The minimum Gasteiger partial charge on any atom is -0.393 e. The first-order chi connectivity index (χ1) is 14.0. The molecular weight excluding hydrogens is 372 g/mol. The van der Waals surface area contributed by atoms with Gasteiger partial charge in [-0.3, -0.25) is 4.79 Å². The van der Waals surface area contributed by atoms with Crippen LogP contribution >= 0.6 is 0 Å². The van der Waals surface area contributed by atoms with Crippen molar-refractivity contribution in [2.45, 2.75) is 104 Å². The Morgan fingerprint density at radius 2 is 1.87 bits per heavy atom. The monoisotopic (exact) mass is 414 g/mol. The van der Waals surface area contributed by atoms with Gasteiger partial charge in [-0.05, 0) is 99.7 Å². The highest BCUT2D eigenvalue weighted by Gasteiger charge is 2.56. The number of ketones is 1. The second-order valence-electron chi connectivity index (χ2n) is 12.0. The molecule has 3 heteroatoms. The van der Waals surface area contributed by atoms with Crippen LogP contribution in [0, 0.1) is 34.5 Å². The standard InChI is InChI=1S/C27H42O3/c1-17(6-11-24(29)25(2,3)30)21-9-10-22-20-8-7-18-16-19(28)12-14-26(18,4)23(20)13-15-27(21,22)5/h7-8,17,19,21-23,28,30H,6,9-16H2,1-5H3/t17-,19+,21-,22+,23+,26+,27-/m1/s1. The Balaban J connectivity index is 1.52. The van der Waals surface area contributed by atoms with Gasteiger partial charge in [-0.1, -0.05) is 44.1 Å². The maximum Gasteiger partial charge on any atom is 0.163 e. The first-order valence-electron chi connectivity index (χ1n) is 12.3. The lowest BCUT2D eigenvalue weighted by molar-refractivity contribution is -0.134. The van der Waals surface area contributed by atoms with Gasteiger partial charge >= 0.3 is 0 Å². The summed E-state index contributed by atoms with van der Waals surface area (Å²) >= 11 is 0. The second-order valence-corrected chi connectivity index (χ2v) is 12.0. The third kappa shape index (κ3) is 3.54. The van der Waals surface area contributed by atoms with E-state index < -0.39 is 5.60 Å². The van der Waals surface area contributed by atoms with Crippen LogP contribution < -0.4 is 0 Å². The third-order valence-electron chi connectivity index (χ3n) is 9.81. The molecule has 0 bridgehead atoms. The molecule has 0 aromatic rings. The SMILES string of the molecule is C[C@H](CCC(=O)C(C)(C)O)[C@H]1CC[C@H]2C3=CC=C4C[C@@H](O)CC[C@]4(C)[C@H]3CC[C@]12C. The third-order valence-corrected chi connectivity index (χ3v) is 9.81. The Labute approximate surface area is 183 Å². The minimum absolute atomic E-state index is 0.0298. The van der Waals surface area contributed by atoms with Crippen LogP contribution in [-0.4, -0.2) is 27.7 Å². The molecule has 0 unspecified atom stereocenters. The highest BCUT2D eigenvalue weighted by molar-refractivity contribution is 5.86. The van der Waals surface area contributed by atoms with Gasteiger partial charge < -0.3 is 10.2 Å². The Kier molecular flexibility index (Phi) is 5.63. The largest absolute Gasteiger partial charge is 0.393 e. The highest BCUT2D eigenvalue weighted by atomic mass is 16.3. The van der Waals surface area contributed by atoms with Crippen molar-refractivity contribution in [3.63, 3.8) is 0 Å². The van der Waals surface area contributed by atoms with Gasteiger partial charge in [0.05, 0.1) is 6.10 Å². The lowest BCUT2D eigenvalue weighted by Crippen LogP contribution is -2.46. The number of allylic oxidation sites excluding steroid dienone is 3. The minimum atomic E-state index is -1.21. The lowest BCUT2D eigenvalue weighted by atomic mass is 9.50. The molecule has 0 aromatic heterocycles. The van der Waals surface area contributed by atoms with Crippen molar-refractivity contribution in [3.05, 3.63) is 23.3 Å². The van der Waals surface area contributed by atoms with Crippen LogP contribution in [0.15, 0.2) is 23.3 Å². The van der Waals surface area contributed by atoms with Crippen molar-refractivity contribution in [3.8, 4) is 0 Å². The van der Waals surface area contributed by atoms with Gasteiger partial charge in [0.25, 0.3) is 0 Å². The maximum absolute atomic E-state index is 12.2. The van der Waals surface area contributed by atoms with Crippen molar-refractivity contribution < 1.29 is 15.0 Å². The maximum atomic E-state index is 12.2. The topological polar surface area (TPSA) is 57.5 Å². The van der Waals surface area contributed by atoms with Gasteiger partial charge in [0.1, 0.15) is 5.60 Å². The number of Topliss-reactive ketones (excluding diaryl/α,β-unsaturated/α-hetero) is 1. The second kappa shape index (κ2) is 7.59. The average Bonchev–Trinajstić information content (AvgIpc) is 3.03. The summed E-state index contributed by atoms with van der Waals surface area (Å²) in [6, 6.07) is 0. The summed E-state index contributed by atoms with van der Waals surface area (Å²) in [5, 5.41) is 20.2. The number of aliphatic hydroxyl groups is 2. The van der Waals surface area contributed by atoms with E-state index in [0.717, 1.165) is 25.7 Å². The molecule has 168 valence electrons. The van der Waals surface area contributed by atoms with Gasteiger partial charge in [0, 0.05) is 6.42 Å². The zero-order chi connectivity index (χ0) is 21.9. The van der Waals surface area contributed by atoms with E-state index in [1.807, 2.05) is 0 Å². The van der Waals surface area contributed by atoms with E-state index in [9.17, 15) is 15.0 Å². The fraction of sp³-hybridized carbons (Fsp3) is 0.815. The number of rotatable bonds is 5. The summed E-state index contributed by atoms with van der Waals surface area (Å²) in [5.41, 5.74) is 2.53. The zero-order valence-corrected chi connectivity index (χ0v) is 19.7. The summed E-state index contributed by atoms with van der Waals surface area (Å²) in [4.78, 5) is 12.2. The molecule has 4 aliphatic rings. The van der Waals surface area contributed by atoms with E-state index in [1.54, 1.807) is 19.4 Å². The summed E-state index contributed by atoms with van der Waals surface area (Å²) in [7, 11) is 0. The number of fused-ring (bicyclic) bond motifs is 5. The molecule has 0 amide bonds. The number of hydrogen-bond donors (Lipinski definition) is 2. The van der Waals surface area contributed by atoms with Crippen LogP contribution in [0.5, 0.6) is 0 Å². The Bertz CT molecular complexity index is 757. The molecule has 4 rings (SSSR count). The molecule has 3 nitrogen and oxygen atoms in total. The molecule has 0 aromatic carbocycles. The molecule has 3 saturated carbocycles. The Morgan fingerprint density at radius 1 is 1.13 bits per heavy atom. The van der Waals surface area contributed by atoms with E-state index >= 15 is 0 Å². The molecular formula is C27H42O3. The van der Waals surface area contributed by atoms with Crippen molar-refractivity contribution in [1.82, 2.24) is 0 Å². The van der Waals surface area contributed by atoms with Crippen molar-refractivity contribution in [2.75, 3.05) is 0 Å². The highest BCUT2D eigenvalue weighted by Crippen LogP contribution is 2.66. The molecule has 2 N–H and O–H groups in total. The summed E-state index contributed by atoms with van der Waals surface area (Å²) in [5.74, 6) is 2.45. The van der Waals surface area contributed by atoms with Crippen LogP contribution in [0.1, 0.15) is 92.4 Å². The molecule has 0 aliphatic heterocycles. The van der Waals surface area contributed by atoms with Crippen LogP contribution in [0.4, 0.5) is 0 Å². The fourth-order valence-electron chi connectivity index (χ4n) is 7.82. The molecule has 4 aliphatic carbocycles. The van der Waals surface area contributed by atoms with E-state index in [4.69, 9.17) is 0 Å². The molecule has 0 radical (unpaired) electrons. The van der Waals surface area contributed by atoms with Gasteiger partial charge in [-0.15, -0.1) is 0 Å². The van der Waals surface area contributed by atoms with Gasteiger partial charge in [-0.2, -0.15) is 0 Å². The van der Waals surface area contributed by atoms with Crippen LogP contribution in [0.3, 0.4) is 0 Å². The summed E-state index contributed by atoms with van der Waals surface area (Å²) in [6.45, 7) is 10.5. The quantitative estimate of drug-likeness (QED) is 0.615. The predicted molar refractivity (Wildman–Crippen MR) is 121 cm³/mol. The summed E-state index contributed by atoms with van der Waals surface area (Å²) in [6.07, 6.45) is 14.0. The number of aliphatic hydroxyl groups excluding tert-OH is 1. The van der Waals surface area contributed by atoms with Crippen LogP contribution in [-0.2, 0) is 4.79 Å². The van der Waals surface area contributed by atoms with Crippen molar-refractivity contribution in [2.24, 2.45) is 34.5 Å². The van der Waals surface area contributed by atoms with Crippen molar-refractivity contribution in [1.29, 1.82) is 0 Å². The van der Waals surface area contributed by atoms with Gasteiger partial charge in [0.15, 0.2) is 5.78 Å². The van der Waals surface area contributed by atoms with E-state index in [1.165, 1.54) is 31.3 Å². The molecule has 0 heterocycles. The van der Waals surface area contributed by atoms with Crippen LogP contribution in [0.2, 0.25) is 0 Å². The predicted octanol–water partition coefficient (Wildman–Crippen LogP) is 5.60. The number of carbonyl (C=O) groups is 1. The summed E-state index contributed by atoms with van der Waals surface area (Å²) < 4.78 is 0. The van der Waals surface area contributed by atoms with E-state index in [0.29, 0.717) is 35.5 Å². The van der Waals surface area contributed by atoms with Gasteiger partial charge in [0.2, 0.25) is 0 Å². The van der Waals surface area contributed by atoms with Crippen LogP contribution in [0.25, 0.3) is 0 Å². The Morgan fingerprint density at radius 3 is 2.57 bits per heavy atom. The molecule has 7 atom stereocenters. The molecule has 0 spiro atoms. The normalized spacial score (nSPS) is 41.8. The number of carbonyl (C=O) groups excluding carboxylic acids is 1. The van der Waals surface area contributed by atoms with E-state index in [2.05, 4.69) is 32.9 Å². The lowest BCUT2D eigenvalue weighted by Gasteiger charge is -2.55. The van der Waals surface area contributed by atoms with E-state index in [-0.39, 0.29) is 17.3 Å².